The van der Waals surface area contributed by atoms with E-state index in [1.807, 2.05) is 18.2 Å². The fourth-order valence-electron chi connectivity index (χ4n) is 0.976. The Morgan fingerprint density at radius 1 is 1.46 bits per heavy atom. The minimum Gasteiger partial charge on any atom is -0.298 e. The van der Waals surface area contributed by atoms with Gasteiger partial charge in [-0.15, -0.1) is 0 Å². The summed E-state index contributed by atoms with van der Waals surface area (Å²) >= 11 is 3.36. The van der Waals surface area contributed by atoms with Crippen LogP contribution in [-0.2, 0) is 6.54 Å². The first-order chi connectivity index (χ1) is 6.09. The van der Waals surface area contributed by atoms with Crippen molar-refractivity contribution in [2.45, 2.75) is 26.4 Å². The summed E-state index contributed by atoms with van der Waals surface area (Å²) in [4.78, 5) is 6.63. The van der Waals surface area contributed by atoms with E-state index >= 15 is 0 Å². The highest BCUT2D eigenvalue weighted by atomic mass is 79.9. The minimum absolute atomic E-state index is 0.556. The largest absolute Gasteiger partial charge is 0.298 e. The number of pyridine rings is 1. The predicted octanol–water partition coefficient (Wildman–Crippen LogP) is 2.68. The molecular weight excluding hydrogens is 228 g/mol. The third-order valence-electron chi connectivity index (χ3n) is 2.07. The lowest BCUT2D eigenvalue weighted by Crippen LogP contribution is -2.25. The molecule has 0 aliphatic rings. The topological polar surface area (TPSA) is 16.1 Å². The molecule has 13 heavy (non-hydrogen) atoms. The molecule has 1 aromatic heterocycles. The average molecular weight is 243 g/mol. The van der Waals surface area contributed by atoms with Gasteiger partial charge in [0.05, 0.1) is 5.69 Å². The molecule has 0 saturated heterocycles. The van der Waals surface area contributed by atoms with E-state index in [1.54, 1.807) is 0 Å². The lowest BCUT2D eigenvalue weighted by molar-refractivity contribution is 0.262. The highest BCUT2D eigenvalue weighted by Crippen LogP contribution is 2.08. The van der Waals surface area contributed by atoms with Crippen LogP contribution in [0.3, 0.4) is 0 Å². The van der Waals surface area contributed by atoms with Gasteiger partial charge in [-0.1, -0.05) is 6.07 Å². The zero-order chi connectivity index (χ0) is 9.84. The summed E-state index contributed by atoms with van der Waals surface area (Å²) in [6.45, 7) is 5.26. The van der Waals surface area contributed by atoms with Crippen LogP contribution in [-0.4, -0.2) is 23.0 Å². The molecular formula is C10H15BrN2. The third kappa shape index (κ3) is 3.44. The van der Waals surface area contributed by atoms with Crippen LogP contribution in [0.25, 0.3) is 0 Å². The first-order valence-electron chi connectivity index (χ1n) is 4.41. The molecule has 0 bridgehead atoms. The maximum atomic E-state index is 4.37. The van der Waals surface area contributed by atoms with Crippen LogP contribution in [0.5, 0.6) is 0 Å². The maximum absolute atomic E-state index is 4.37. The summed E-state index contributed by atoms with van der Waals surface area (Å²) in [5.41, 5.74) is 1.10. The Morgan fingerprint density at radius 3 is 2.69 bits per heavy atom. The fraction of sp³-hybridized carbons (Fsp3) is 0.500. The quantitative estimate of drug-likeness (QED) is 0.759. The molecule has 0 amide bonds. The SMILES string of the molecule is CC(C)N(C)Cc1cccc(Br)n1. The van der Waals surface area contributed by atoms with E-state index in [2.05, 4.69) is 46.7 Å². The zero-order valence-electron chi connectivity index (χ0n) is 8.29. The lowest BCUT2D eigenvalue weighted by Gasteiger charge is -2.20. The molecule has 0 spiro atoms. The van der Waals surface area contributed by atoms with Gasteiger partial charge in [-0.2, -0.15) is 0 Å². The van der Waals surface area contributed by atoms with E-state index < -0.39 is 0 Å². The van der Waals surface area contributed by atoms with Gasteiger partial charge in [-0.25, -0.2) is 4.98 Å². The number of halogens is 1. The van der Waals surface area contributed by atoms with Gasteiger partial charge in [-0.05, 0) is 49.0 Å². The van der Waals surface area contributed by atoms with Crippen LogP contribution in [0.2, 0.25) is 0 Å². The lowest BCUT2D eigenvalue weighted by atomic mass is 10.3. The standard InChI is InChI=1S/C10H15BrN2/c1-8(2)13(3)7-9-5-4-6-10(11)12-9/h4-6,8H,7H2,1-3H3. The molecule has 0 aliphatic heterocycles. The van der Waals surface area contributed by atoms with Crippen LogP contribution < -0.4 is 0 Å². The van der Waals surface area contributed by atoms with Crippen molar-refractivity contribution < 1.29 is 0 Å². The summed E-state index contributed by atoms with van der Waals surface area (Å²) < 4.78 is 0.905. The number of nitrogens with zero attached hydrogens (tertiary/aromatic N) is 2. The second kappa shape index (κ2) is 4.72. The molecule has 0 N–H and O–H groups in total. The second-order valence-electron chi connectivity index (χ2n) is 3.46. The molecule has 2 nitrogen and oxygen atoms in total. The van der Waals surface area contributed by atoms with Gasteiger partial charge in [0.1, 0.15) is 4.60 Å². The molecule has 72 valence electrons. The van der Waals surface area contributed by atoms with Gasteiger partial charge in [0.2, 0.25) is 0 Å². The Hall–Kier alpha value is -0.410. The second-order valence-corrected chi connectivity index (χ2v) is 4.27. The summed E-state index contributed by atoms with van der Waals surface area (Å²) in [6, 6.07) is 6.56. The van der Waals surface area contributed by atoms with E-state index in [0.717, 1.165) is 16.8 Å². The van der Waals surface area contributed by atoms with Crippen LogP contribution in [0.4, 0.5) is 0 Å². The van der Waals surface area contributed by atoms with Crippen molar-refractivity contribution in [3.63, 3.8) is 0 Å². The van der Waals surface area contributed by atoms with E-state index in [9.17, 15) is 0 Å². The van der Waals surface area contributed by atoms with Gasteiger partial charge in [0.15, 0.2) is 0 Å². The first-order valence-corrected chi connectivity index (χ1v) is 5.20. The monoisotopic (exact) mass is 242 g/mol. The van der Waals surface area contributed by atoms with E-state index in [1.165, 1.54) is 0 Å². The third-order valence-corrected chi connectivity index (χ3v) is 2.51. The van der Waals surface area contributed by atoms with E-state index in [4.69, 9.17) is 0 Å². The number of rotatable bonds is 3. The first kappa shape index (κ1) is 10.7. The van der Waals surface area contributed by atoms with Crippen molar-refractivity contribution in [3.05, 3.63) is 28.5 Å². The van der Waals surface area contributed by atoms with E-state index in [-0.39, 0.29) is 0 Å². The number of hydrogen-bond donors (Lipinski definition) is 0. The molecule has 0 unspecified atom stereocenters. The van der Waals surface area contributed by atoms with Gasteiger partial charge in [0, 0.05) is 12.6 Å². The molecule has 0 aromatic carbocycles. The molecule has 0 fully saturated rings. The van der Waals surface area contributed by atoms with Gasteiger partial charge in [0.25, 0.3) is 0 Å². The van der Waals surface area contributed by atoms with Crippen LogP contribution in [0, 0.1) is 0 Å². The normalized spacial score (nSPS) is 11.2. The molecule has 1 aromatic rings. The highest BCUT2D eigenvalue weighted by Gasteiger charge is 2.04. The van der Waals surface area contributed by atoms with E-state index in [0.29, 0.717) is 6.04 Å². The van der Waals surface area contributed by atoms with Crippen LogP contribution in [0.1, 0.15) is 19.5 Å². The van der Waals surface area contributed by atoms with Gasteiger partial charge < -0.3 is 0 Å². The molecule has 0 atom stereocenters. The molecule has 1 heterocycles. The van der Waals surface area contributed by atoms with Gasteiger partial charge in [-0.3, -0.25) is 4.90 Å². The van der Waals surface area contributed by atoms with Crippen molar-refractivity contribution in [1.82, 2.24) is 9.88 Å². The number of aromatic nitrogens is 1. The Balaban J connectivity index is 2.64. The summed E-state index contributed by atoms with van der Waals surface area (Å²) in [7, 11) is 2.10. The smallest absolute Gasteiger partial charge is 0.106 e. The molecule has 3 heteroatoms. The Bertz CT molecular complexity index is 273. The van der Waals surface area contributed by atoms with Crippen molar-refractivity contribution in [1.29, 1.82) is 0 Å². The number of hydrogen-bond acceptors (Lipinski definition) is 2. The Kier molecular flexibility index (Phi) is 3.88. The predicted molar refractivity (Wildman–Crippen MR) is 58.5 cm³/mol. The Morgan fingerprint density at radius 2 is 2.15 bits per heavy atom. The summed E-state index contributed by atoms with van der Waals surface area (Å²) in [6.07, 6.45) is 0. The fourth-order valence-corrected chi connectivity index (χ4v) is 1.36. The zero-order valence-corrected chi connectivity index (χ0v) is 9.87. The van der Waals surface area contributed by atoms with Gasteiger partial charge >= 0.3 is 0 Å². The summed E-state index contributed by atoms with van der Waals surface area (Å²) in [5.74, 6) is 0. The summed E-state index contributed by atoms with van der Waals surface area (Å²) in [5, 5.41) is 0. The van der Waals surface area contributed by atoms with Crippen LogP contribution in [0.15, 0.2) is 22.8 Å². The average Bonchev–Trinajstić information content (AvgIpc) is 2.04. The highest BCUT2D eigenvalue weighted by molar-refractivity contribution is 9.10. The van der Waals surface area contributed by atoms with Crippen LogP contribution >= 0.6 is 15.9 Å². The molecule has 0 radical (unpaired) electrons. The molecule has 0 saturated carbocycles. The van der Waals surface area contributed by atoms with Crippen molar-refractivity contribution in [2.24, 2.45) is 0 Å². The Labute approximate surface area is 88.1 Å². The maximum Gasteiger partial charge on any atom is 0.106 e. The molecule has 1 rings (SSSR count). The van der Waals surface area contributed by atoms with Crippen molar-refractivity contribution in [3.8, 4) is 0 Å². The molecule has 0 aliphatic carbocycles. The minimum atomic E-state index is 0.556. The van der Waals surface area contributed by atoms with Crippen molar-refractivity contribution in [2.75, 3.05) is 7.05 Å². The van der Waals surface area contributed by atoms with Crippen molar-refractivity contribution >= 4 is 15.9 Å².